The molecule has 0 saturated carbocycles. The van der Waals surface area contributed by atoms with Crippen LogP contribution < -0.4 is 4.74 Å². The normalized spacial score (nSPS) is 10.4. The molecule has 1 aromatic carbocycles. The molecule has 0 aliphatic heterocycles. The van der Waals surface area contributed by atoms with Crippen LogP contribution in [0.25, 0.3) is 0 Å². The zero-order valence-electron chi connectivity index (χ0n) is 6.61. The Balaban J connectivity index is 2.82. The van der Waals surface area contributed by atoms with Gasteiger partial charge in [0.25, 0.3) is 0 Å². The zero-order chi connectivity index (χ0) is 8.10. The van der Waals surface area contributed by atoms with Gasteiger partial charge >= 0.3 is 0 Å². The van der Waals surface area contributed by atoms with Crippen molar-refractivity contribution in [3.05, 3.63) is 24.3 Å². The fraction of sp³-hybridized carbons (Fsp3) is 0.250. The third-order valence-corrected chi connectivity index (χ3v) is 1.29. The third kappa shape index (κ3) is 2.04. The third-order valence-electron chi connectivity index (χ3n) is 1.29. The minimum atomic E-state index is 0.833. The molecule has 0 N–H and O–H groups in total. The monoisotopic (exact) mass is 150 g/mol. The van der Waals surface area contributed by atoms with Crippen LogP contribution in [0.5, 0.6) is 5.75 Å². The van der Waals surface area contributed by atoms with Gasteiger partial charge in [0.15, 0.2) is 0 Å². The van der Waals surface area contributed by atoms with Crippen LogP contribution in [0.3, 0.4) is 0 Å². The summed E-state index contributed by atoms with van der Waals surface area (Å²) in [7, 11) is 3.28. The summed E-state index contributed by atoms with van der Waals surface area (Å²) in [5, 5.41) is 7.50. The predicted molar refractivity (Wildman–Crippen MR) is 43.4 cm³/mol. The Kier molecular flexibility index (Phi) is 2.60. The van der Waals surface area contributed by atoms with Crippen molar-refractivity contribution >= 4 is 5.69 Å². The topological polar surface area (TPSA) is 34.0 Å². The number of rotatable bonds is 2. The average molecular weight is 150 g/mol. The first-order valence-electron chi connectivity index (χ1n) is 3.30. The van der Waals surface area contributed by atoms with Crippen molar-refractivity contribution in [3.63, 3.8) is 0 Å². The standard InChI is InChI=1S/C8H10N2O/c1-9-10-7-3-5-8(11-2)6-4-7/h3-6H,1-2H3/b10-9-. The van der Waals surface area contributed by atoms with E-state index in [-0.39, 0.29) is 0 Å². The minimum absolute atomic E-state index is 0.833. The minimum Gasteiger partial charge on any atom is -0.497 e. The first kappa shape index (κ1) is 7.72. The van der Waals surface area contributed by atoms with E-state index in [1.165, 1.54) is 0 Å². The van der Waals surface area contributed by atoms with E-state index in [2.05, 4.69) is 10.2 Å². The van der Waals surface area contributed by atoms with Crippen molar-refractivity contribution in [1.29, 1.82) is 0 Å². The number of azo groups is 1. The van der Waals surface area contributed by atoms with Crippen LogP contribution in [-0.4, -0.2) is 14.2 Å². The van der Waals surface area contributed by atoms with Gasteiger partial charge in [-0.25, -0.2) is 0 Å². The van der Waals surface area contributed by atoms with Crippen LogP contribution in [0.2, 0.25) is 0 Å². The maximum atomic E-state index is 4.98. The van der Waals surface area contributed by atoms with Gasteiger partial charge < -0.3 is 4.74 Å². The lowest BCUT2D eigenvalue weighted by molar-refractivity contribution is 0.415. The van der Waals surface area contributed by atoms with Gasteiger partial charge in [-0.15, -0.1) is 0 Å². The summed E-state index contributed by atoms with van der Waals surface area (Å²) in [4.78, 5) is 0. The summed E-state index contributed by atoms with van der Waals surface area (Å²) in [6, 6.07) is 7.41. The molecule has 0 bridgehead atoms. The van der Waals surface area contributed by atoms with Gasteiger partial charge in [-0.1, -0.05) is 0 Å². The molecule has 58 valence electrons. The second-order valence-electron chi connectivity index (χ2n) is 2.00. The van der Waals surface area contributed by atoms with E-state index in [1.54, 1.807) is 14.2 Å². The molecular formula is C8H10N2O. The second-order valence-corrected chi connectivity index (χ2v) is 2.00. The van der Waals surface area contributed by atoms with Crippen LogP contribution in [0.4, 0.5) is 5.69 Å². The number of benzene rings is 1. The lowest BCUT2D eigenvalue weighted by Gasteiger charge is -1.97. The molecule has 1 rings (SSSR count). The highest BCUT2D eigenvalue weighted by molar-refractivity contribution is 5.40. The highest BCUT2D eigenvalue weighted by Gasteiger charge is 1.89. The molecule has 0 aliphatic rings. The molecule has 3 nitrogen and oxygen atoms in total. The predicted octanol–water partition coefficient (Wildman–Crippen LogP) is 2.41. The number of nitrogens with zero attached hydrogens (tertiary/aromatic N) is 2. The second kappa shape index (κ2) is 3.71. The van der Waals surface area contributed by atoms with E-state index in [9.17, 15) is 0 Å². The fourth-order valence-corrected chi connectivity index (χ4v) is 0.764. The molecule has 0 atom stereocenters. The van der Waals surface area contributed by atoms with Crippen molar-refractivity contribution in [2.45, 2.75) is 0 Å². The lowest BCUT2D eigenvalue weighted by Crippen LogP contribution is -1.79. The van der Waals surface area contributed by atoms with Gasteiger partial charge in [0.1, 0.15) is 5.75 Å². The Labute approximate surface area is 65.7 Å². The quantitative estimate of drug-likeness (QED) is 0.596. The number of ether oxygens (including phenoxy) is 1. The molecule has 0 amide bonds. The van der Waals surface area contributed by atoms with Crippen LogP contribution >= 0.6 is 0 Å². The van der Waals surface area contributed by atoms with Gasteiger partial charge in [-0.05, 0) is 24.3 Å². The molecule has 0 heterocycles. The van der Waals surface area contributed by atoms with Crippen molar-refractivity contribution in [2.75, 3.05) is 14.2 Å². The van der Waals surface area contributed by atoms with Gasteiger partial charge in [0, 0.05) is 7.05 Å². The van der Waals surface area contributed by atoms with Gasteiger partial charge in [-0.3, -0.25) is 0 Å². The Morgan fingerprint density at radius 1 is 1.18 bits per heavy atom. The molecule has 0 fully saturated rings. The van der Waals surface area contributed by atoms with Crippen LogP contribution in [0.1, 0.15) is 0 Å². The molecule has 3 heteroatoms. The number of methoxy groups -OCH3 is 1. The average Bonchev–Trinajstić information content (AvgIpc) is 2.07. The Bertz CT molecular complexity index is 241. The lowest BCUT2D eigenvalue weighted by atomic mass is 10.3. The molecule has 0 radical (unpaired) electrons. The van der Waals surface area contributed by atoms with E-state index in [0.717, 1.165) is 11.4 Å². The first-order valence-corrected chi connectivity index (χ1v) is 3.30. The molecule has 0 saturated heterocycles. The molecule has 1 aromatic rings. The van der Waals surface area contributed by atoms with Gasteiger partial charge in [0.2, 0.25) is 0 Å². The largest absolute Gasteiger partial charge is 0.497 e. The van der Waals surface area contributed by atoms with Crippen molar-refractivity contribution in [1.82, 2.24) is 0 Å². The summed E-state index contributed by atoms with van der Waals surface area (Å²) in [6.45, 7) is 0. The van der Waals surface area contributed by atoms with Crippen LogP contribution in [0.15, 0.2) is 34.5 Å². The van der Waals surface area contributed by atoms with Crippen LogP contribution in [0, 0.1) is 0 Å². The molecule has 11 heavy (non-hydrogen) atoms. The maximum Gasteiger partial charge on any atom is 0.119 e. The SMILES string of the molecule is C/N=N\c1ccc(OC)cc1. The number of hydrogen-bond donors (Lipinski definition) is 0. The van der Waals surface area contributed by atoms with Gasteiger partial charge in [0.05, 0.1) is 12.8 Å². The summed E-state index contributed by atoms with van der Waals surface area (Å²) < 4.78 is 4.98. The maximum absolute atomic E-state index is 4.98. The Hall–Kier alpha value is -1.38. The molecule has 0 aromatic heterocycles. The molecular weight excluding hydrogens is 140 g/mol. The zero-order valence-corrected chi connectivity index (χ0v) is 6.61. The summed E-state index contributed by atoms with van der Waals surface area (Å²) >= 11 is 0. The fourth-order valence-electron chi connectivity index (χ4n) is 0.764. The smallest absolute Gasteiger partial charge is 0.119 e. The van der Waals surface area contributed by atoms with E-state index in [4.69, 9.17) is 4.74 Å². The van der Waals surface area contributed by atoms with Gasteiger partial charge in [-0.2, -0.15) is 10.2 Å². The molecule has 0 aliphatic carbocycles. The van der Waals surface area contributed by atoms with E-state index >= 15 is 0 Å². The van der Waals surface area contributed by atoms with Crippen LogP contribution in [-0.2, 0) is 0 Å². The van der Waals surface area contributed by atoms with E-state index < -0.39 is 0 Å². The Morgan fingerprint density at radius 2 is 1.82 bits per heavy atom. The molecule has 0 spiro atoms. The Morgan fingerprint density at radius 3 is 2.27 bits per heavy atom. The summed E-state index contributed by atoms with van der Waals surface area (Å²) in [6.07, 6.45) is 0. The van der Waals surface area contributed by atoms with E-state index in [1.807, 2.05) is 24.3 Å². The van der Waals surface area contributed by atoms with Crippen molar-refractivity contribution in [3.8, 4) is 5.75 Å². The highest BCUT2D eigenvalue weighted by Crippen LogP contribution is 2.17. The number of hydrogen-bond acceptors (Lipinski definition) is 3. The van der Waals surface area contributed by atoms with Crippen molar-refractivity contribution in [2.24, 2.45) is 10.2 Å². The summed E-state index contributed by atoms with van der Waals surface area (Å²) in [5.74, 6) is 0.833. The first-order chi connectivity index (χ1) is 5.36. The van der Waals surface area contributed by atoms with Crippen molar-refractivity contribution < 1.29 is 4.74 Å². The summed E-state index contributed by atoms with van der Waals surface area (Å²) in [5.41, 5.74) is 0.841. The highest BCUT2D eigenvalue weighted by atomic mass is 16.5. The van der Waals surface area contributed by atoms with E-state index in [0.29, 0.717) is 0 Å². The molecule has 0 unspecified atom stereocenters.